The lowest BCUT2D eigenvalue weighted by Gasteiger charge is -2.27. The Bertz CT molecular complexity index is 745. The monoisotopic (exact) mass is 362 g/mol. The van der Waals surface area contributed by atoms with Crippen LogP contribution in [0.5, 0.6) is 0 Å². The number of fused-ring (bicyclic) bond motifs is 2. The molecule has 0 fully saturated rings. The number of likely N-dealkylation sites (N-methyl/N-ethyl adjacent to an activating group) is 1. The molecule has 0 saturated carbocycles. The highest BCUT2D eigenvalue weighted by Gasteiger charge is 2.20. The lowest BCUT2D eigenvalue weighted by molar-refractivity contribution is 0.627. The zero-order valence-corrected chi connectivity index (χ0v) is 15.3. The van der Waals surface area contributed by atoms with Crippen LogP contribution in [0.2, 0.25) is 5.02 Å². The third-order valence-corrected chi connectivity index (χ3v) is 5.27. The summed E-state index contributed by atoms with van der Waals surface area (Å²) < 4.78 is 13.0. The van der Waals surface area contributed by atoms with Gasteiger partial charge in [-0.15, -0.1) is 0 Å². The molecule has 0 N–H and O–H groups in total. The van der Waals surface area contributed by atoms with Crippen LogP contribution in [-0.2, 0) is 12.8 Å². The van der Waals surface area contributed by atoms with Crippen molar-refractivity contribution in [3.05, 3.63) is 57.9 Å². The Morgan fingerprint density at radius 2 is 1.64 bits per heavy atom. The summed E-state index contributed by atoms with van der Waals surface area (Å²) in [7, 11) is 4.16. The normalized spacial score (nSPS) is 14.9. The smallest absolute Gasteiger partial charge is 0.142 e. The highest BCUT2D eigenvalue weighted by Crippen LogP contribution is 2.33. The van der Waals surface area contributed by atoms with Crippen LogP contribution in [0.4, 0.5) is 15.8 Å². The molecule has 0 spiro atoms. The third-order valence-electron chi connectivity index (χ3n) is 4.87. The second-order valence-corrected chi connectivity index (χ2v) is 7.07. The maximum atomic E-state index is 13.0. The van der Waals surface area contributed by atoms with Crippen LogP contribution in [0.1, 0.15) is 30.5 Å². The number of nitrogens with zero attached hydrogens (tertiary/aromatic N) is 2. The van der Waals surface area contributed by atoms with Crippen molar-refractivity contribution in [2.24, 2.45) is 0 Å². The fraction of sp³-hybridized carbons (Fsp3) is 0.429. The molecule has 2 aromatic carbocycles. The van der Waals surface area contributed by atoms with E-state index in [0.717, 1.165) is 24.2 Å². The lowest BCUT2D eigenvalue weighted by atomic mass is 10.0. The quantitative estimate of drug-likeness (QED) is 0.611. The molecule has 4 heteroatoms. The van der Waals surface area contributed by atoms with E-state index in [4.69, 9.17) is 11.6 Å². The van der Waals surface area contributed by atoms with Crippen molar-refractivity contribution in [3.8, 4) is 0 Å². The highest BCUT2D eigenvalue weighted by atomic mass is 35.5. The first-order valence-electron chi connectivity index (χ1n) is 8.46. The summed E-state index contributed by atoms with van der Waals surface area (Å²) in [6.07, 6.45) is 3.40. The van der Waals surface area contributed by atoms with Gasteiger partial charge in [-0.3, -0.25) is 0 Å². The molecule has 136 valence electrons. The highest BCUT2D eigenvalue weighted by molar-refractivity contribution is 6.32. The van der Waals surface area contributed by atoms with E-state index in [1.165, 1.54) is 42.3 Å². The second kappa shape index (κ2) is 8.09. The molecule has 0 aliphatic carbocycles. The number of hydrogen-bond donors (Lipinski definition) is 0. The number of rotatable bonds is 0. The number of halogens is 2. The van der Waals surface area contributed by atoms with Gasteiger partial charge in [0.25, 0.3) is 0 Å². The summed E-state index contributed by atoms with van der Waals surface area (Å²) in [4.78, 5) is 4.43. The minimum Gasteiger partial charge on any atom is -0.374 e. The van der Waals surface area contributed by atoms with Gasteiger partial charge in [-0.1, -0.05) is 36.7 Å². The standard InChI is InChI=1S/C11H15N.C9H9ClFN.CH4/c1-9-5-6-11-10(8-9)4-3-7-12(11)2;1-12-5-4-6-8(12)3-2-7(11)9(6)10;/h5-6,8H,3-4,7H2,1-2H3;2-3H,4-5H2,1H3;1H4. The van der Waals surface area contributed by atoms with Crippen molar-refractivity contribution in [2.45, 2.75) is 33.6 Å². The lowest BCUT2D eigenvalue weighted by Crippen LogP contribution is -2.24. The molecule has 2 aromatic rings. The molecule has 0 radical (unpaired) electrons. The van der Waals surface area contributed by atoms with Crippen molar-refractivity contribution >= 4 is 23.0 Å². The summed E-state index contributed by atoms with van der Waals surface area (Å²) in [5, 5.41) is 0.289. The van der Waals surface area contributed by atoms with Crippen molar-refractivity contribution in [1.29, 1.82) is 0 Å². The van der Waals surface area contributed by atoms with Gasteiger partial charge in [-0.2, -0.15) is 0 Å². The minimum absolute atomic E-state index is 0. The summed E-state index contributed by atoms with van der Waals surface area (Å²) in [6.45, 7) is 4.30. The Kier molecular flexibility index (Phi) is 6.34. The first-order valence-corrected chi connectivity index (χ1v) is 8.84. The van der Waals surface area contributed by atoms with Gasteiger partial charge in [-0.05, 0) is 55.5 Å². The SMILES string of the molecule is C.CN1CCc2c1ccc(F)c2Cl.Cc1ccc2c(c1)CCCN2C. The largest absolute Gasteiger partial charge is 0.374 e. The van der Waals surface area contributed by atoms with E-state index in [9.17, 15) is 4.39 Å². The molecular weight excluding hydrogens is 335 g/mol. The Hall–Kier alpha value is -1.74. The van der Waals surface area contributed by atoms with Crippen molar-refractivity contribution in [2.75, 3.05) is 37.0 Å². The maximum absolute atomic E-state index is 13.0. The van der Waals surface area contributed by atoms with Crippen LogP contribution in [0.15, 0.2) is 30.3 Å². The number of hydrogen-bond acceptors (Lipinski definition) is 2. The minimum atomic E-state index is -0.314. The molecule has 0 unspecified atom stereocenters. The summed E-state index contributed by atoms with van der Waals surface area (Å²) >= 11 is 5.80. The van der Waals surface area contributed by atoms with Crippen LogP contribution < -0.4 is 9.80 Å². The van der Waals surface area contributed by atoms with E-state index in [0.29, 0.717) is 0 Å². The Morgan fingerprint density at radius 1 is 0.960 bits per heavy atom. The van der Waals surface area contributed by atoms with E-state index in [2.05, 4.69) is 42.0 Å². The number of aryl methyl sites for hydroxylation is 2. The first-order chi connectivity index (χ1) is 11.5. The molecular formula is C21H28ClFN2. The average Bonchev–Trinajstić information content (AvgIpc) is 2.93. The van der Waals surface area contributed by atoms with Gasteiger partial charge < -0.3 is 9.80 Å². The topological polar surface area (TPSA) is 6.48 Å². The fourth-order valence-electron chi connectivity index (χ4n) is 3.49. The van der Waals surface area contributed by atoms with E-state index in [1.54, 1.807) is 6.07 Å². The van der Waals surface area contributed by atoms with Gasteiger partial charge in [-0.25, -0.2) is 4.39 Å². The molecule has 2 aliphatic heterocycles. The predicted molar refractivity (Wildman–Crippen MR) is 108 cm³/mol. The van der Waals surface area contributed by atoms with Crippen molar-refractivity contribution in [3.63, 3.8) is 0 Å². The molecule has 0 amide bonds. The number of anilines is 2. The molecule has 2 aliphatic rings. The van der Waals surface area contributed by atoms with Crippen LogP contribution in [-0.4, -0.2) is 27.2 Å². The zero-order chi connectivity index (χ0) is 17.3. The molecule has 0 saturated heterocycles. The maximum Gasteiger partial charge on any atom is 0.142 e. The van der Waals surface area contributed by atoms with Gasteiger partial charge in [0.1, 0.15) is 5.82 Å². The van der Waals surface area contributed by atoms with Crippen molar-refractivity contribution < 1.29 is 4.39 Å². The van der Waals surface area contributed by atoms with Gasteiger partial charge in [0.2, 0.25) is 0 Å². The molecule has 0 atom stereocenters. The van der Waals surface area contributed by atoms with Crippen molar-refractivity contribution in [1.82, 2.24) is 0 Å². The molecule has 0 aromatic heterocycles. The van der Waals surface area contributed by atoms with Crippen LogP contribution >= 0.6 is 11.6 Å². The predicted octanol–water partition coefficient (Wildman–Crippen LogP) is 5.48. The Balaban J connectivity index is 0.000000173. The zero-order valence-electron chi connectivity index (χ0n) is 14.6. The average molecular weight is 363 g/mol. The van der Waals surface area contributed by atoms with E-state index in [-0.39, 0.29) is 18.3 Å². The molecule has 2 heterocycles. The number of benzene rings is 2. The summed E-state index contributed by atoms with van der Waals surface area (Å²) in [5.74, 6) is -0.314. The Morgan fingerprint density at radius 3 is 2.40 bits per heavy atom. The first kappa shape index (κ1) is 19.6. The van der Waals surface area contributed by atoms with Gasteiger partial charge in [0.05, 0.1) is 5.02 Å². The molecule has 4 rings (SSSR count). The second-order valence-electron chi connectivity index (χ2n) is 6.69. The van der Waals surface area contributed by atoms with Gasteiger partial charge in [0.15, 0.2) is 0 Å². The van der Waals surface area contributed by atoms with Crippen LogP contribution in [0, 0.1) is 12.7 Å². The fourth-order valence-corrected chi connectivity index (χ4v) is 3.75. The summed E-state index contributed by atoms with van der Waals surface area (Å²) in [6, 6.07) is 9.95. The third kappa shape index (κ3) is 4.09. The molecule has 2 nitrogen and oxygen atoms in total. The molecule has 0 bridgehead atoms. The van der Waals surface area contributed by atoms with E-state index >= 15 is 0 Å². The molecule has 25 heavy (non-hydrogen) atoms. The van der Waals surface area contributed by atoms with E-state index in [1.807, 2.05) is 7.05 Å². The van der Waals surface area contributed by atoms with Crippen LogP contribution in [0.3, 0.4) is 0 Å². The van der Waals surface area contributed by atoms with Gasteiger partial charge in [0, 0.05) is 38.6 Å². The van der Waals surface area contributed by atoms with Gasteiger partial charge >= 0.3 is 0 Å². The Labute approximate surface area is 156 Å². The van der Waals surface area contributed by atoms with Crippen LogP contribution in [0.25, 0.3) is 0 Å². The van der Waals surface area contributed by atoms with E-state index < -0.39 is 0 Å². The summed E-state index contributed by atoms with van der Waals surface area (Å²) in [5.41, 5.74) is 6.32.